The standard InChI is InChI=1S/C49H53F4N9O6/c1-27-35(15-39-45(51)40(65-2)16-41(66-3)46(39)52)37-13-29(21-58-49(37)60-27)32-23-59-62(25-32)33-6-9-61(10-7-33)8-5-11-68-43-17-42(67-4)44(50)38(47(43)53)14-30-22-57-48-36(30)12-28(20-56-48)31(18-54)19-55-24-34(64)26-63/h12-13,16-23,25,33-34,54-55,63-64H,5-11,14-15,24,26H2,1-4H3,(H,56,57)(H,58,60)/b31-19+,54-18?. The van der Waals surface area contributed by atoms with Gasteiger partial charge in [0.25, 0.3) is 0 Å². The quantitative estimate of drug-likeness (QED) is 0.0253. The number of halogens is 4. The van der Waals surface area contributed by atoms with E-state index in [0.29, 0.717) is 51.9 Å². The Hall–Kier alpha value is -6.96. The zero-order valence-electron chi connectivity index (χ0n) is 38.1. The van der Waals surface area contributed by atoms with E-state index in [1.807, 2.05) is 23.9 Å². The van der Waals surface area contributed by atoms with Crippen LogP contribution in [0.25, 0.3) is 38.8 Å². The third-order valence-corrected chi connectivity index (χ3v) is 12.5. The molecule has 2 aromatic carbocycles. The fraction of sp³-hybridized carbons (Fsp3) is 0.347. The number of aryl methyl sites for hydroxylation is 1. The highest BCUT2D eigenvalue weighted by Gasteiger charge is 2.26. The summed E-state index contributed by atoms with van der Waals surface area (Å²) < 4.78 is 86.0. The molecule has 0 radical (unpaired) electrons. The van der Waals surface area contributed by atoms with E-state index in [1.165, 1.54) is 39.7 Å². The van der Waals surface area contributed by atoms with Crippen LogP contribution in [0, 0.1) is 35.6 Å². The second kappa shape index (κ2) is 20.9. The molecule has 0 amide bonds. The van der Waals surface area contributed by atoms with E-state index in [1.54, 1.807) is 30.9 Å². The van der Waals surface area contributed by atoms with Crippen LogP contribution >= 0.6 is 0 Å². The maximum atomic E-state index is 16.1. The van der Waals surface area contributed by atoms with E-state index in [2.05, 4.69) is 30.2 Å². The van der Waals surface area contributed by atoms with Gasteiger partial charge in [-0.25, -0.2) is 27.5 Å². The van der Waals surface area contributed by atoms with Crippen molar-refractivity contribution in [1.82, 2.24) is 39.9 Å². The number of fused-ring (bicyclic) bond motifs is 2. The number of H-pyrrole nitrogens is 2. The lowest BCUT2D eigenvalue weighted by atomic mass is 9.99. The summed E-state index contributed by atoms with van der Waals surface area (Å²) in [6.07, 6.45) is 12.5. The molecule has 7 aromatic rings. The lowest BCUT2D eigenvalue weighted by molar-refractivity contribution is 0.0972. The first-order valence-electron chi connectivity index (χ1n) is 22.1. The van der Waals surface area contributed by atoms with Crippen molar-refractivity contribution in [2.24, 2.45) is 0 Å². The monoisotopic (exact) mass is 939 g/mol. The third kappa shape index (κ3) is 9.86. The molecule has 0 bridgehead atoms. The molecule has 1 fully saturated rings. The van der Waals surface area contributed by atoms with Crippen LogP contribution in [0.1, 0.15) is 58.8 Å². The number of pyridine rings is 2. The topological polar surface area (TPSA) is 192 Å². The van der Waals surface area contributed by atoms with Gasteiger partial charge in [0, 0.05) is 138 Å². The van der Waals surface area contributed by atoms with Gasteiger partial charge in [-0.05, 0) is 49.4 Å². The number of ether oxygens (including phenoxy) is 4. The molecular formula is C49H53F4N9O6. The number of piperidine rings is 1. The minimum atomic E-state index is -0.970. The SMILES string of the molecule is COc1cc(OC)c(F)c(Cc2c(C)[nH]c3ncc(-c4cnn(C5CCN(CCCOc6cc(OC)c(F)c(Cc7c[nH]c8ncc(/C(C=N)=C/NCC(O)CO)cc78)c6F)CC5)c4)cc23)c1F. The molecule has 1 unspecified atom stereocenters. The number of benzene rings is 2. The van der Waals surface area contributed by atoms with Crippen LogP contribution in [0.5, 0.6) is 23.0 Å². The molecule has 1 saturated heterocycles. The maximum absolute atomic E-state index is 16.1. The molecule has 1 aliphatic rings. The molecule has 6 heterocycles. The third-order valence-electron chi connectivity index (χ3n) is 12.5. The summed E-state index contributed by atoms with van der Waals surface area (Å²) in [7, 11) is 3.95. The number of aliphatic hydroxyl groups excluding tert-OH is 2. The molecule has 1 aliphatic heterocycles. The molecule has 68 heavy (non-hydrogen) atoms. The van der Waals surface area contributed by atoms with Crippen LogP contribution in [0.15, 0.2) is 61.4 Å². The van der Waals surface area contributed by atoms with Gasteiger partial charge in [0.2, 0.25) is 0 Å². The summed E-state index contributed by atoms with van der Waals surface area (Å²) in [5.41, 5.74) is 5.38. The minimum absolute atomic E-state index is 0.0489. The van der Waals surface area contributed by atoms with Crippen molar-refractivity contribution in [3.8, 4) is 34.1 Å². The molecule has 0 aliphatic carbocycles. The van der Waals surface area contributed by atoms with E-state index >= 15 is 17.6 Å². The van der Waals surface area contributed by atoms with Crippen LogP contribution in [0.3, 0.4) is 0 Å². The number of aromatic amines is 2. The van der Waals surface area contributed by atoms with Gasteiger partial charge < -0.3 is 54.8 Å². The molecule has 8 rings (SSSR count). The highest BCUT2D eigenvalue weighted by Crippen LogP contribution is 2.37. The smallest absolute Gasteiger partial charge is 0.171 e. The van der Waals surface area contributed by atoms with E-state index in [-0.39, 0.29) is 66.2 Å². The number of likely N-dealkylation sites (tertiary alicyclic amines) is 1. The molecule has 0 saturated carbocycles. The summed E-state index contributed by atoms with van der Waals surface area (Å²) >= 11 is 0. The zero-order valence-corrected chi connectivity index (χ0v) is 38.1. The van der Waals surface area contributed by atoms with E-state index < -0.39 is 36.0 Å². The van der Waals surface area contributed by atoms with Crippen molar-refractivity contribution in [2.45, 2.75) is 51.2 Å². The summed E-state index contributed by atoms with van der Waals surface area (Å²) in [5.74, 6) is -3.71. The highest BCUT2D eigenvalue weighted by atomic mass is 19.1. The van der Waals surface area contributed by atoms with Crippen molar-refractivity contribution in [3.05, 3.63) is 118 Å². The number of rotatable bonds is 20. The van der Waals surface area contributed by atoms with Gasteiger partial charge in [-0.15, -0.1) is 0 Å². The second-order valence-electron chi connectivity index (χ2n) is 16.7. The Morgan fingerprint density at radius 3 is 2.19 bits per heavy atom. The minimum Gasteiger partial charge on any atom is -0.494 e. The van der Waals surface area contributed by atoms with Crippen molar-refractivity contribution >= 4 is 33.9 Å². The number of nitrogens with zero attached hydrogens (tertiary/aromatic N) is 5. The lowest BCUT2D eigenvalue weighted by Crippen LogP contribution is -2.35. The molecule has 5 aromatic heterocycles. The van der Waals surface area contributed by atoms with Crippen LogP contribution < -0.4 is 24.3 Å². The van der Waals surface area contributed by atoms with Gasteiger partial charge in [-0.3, -0.25) is 4.68 Å². The van der Waals surface area contributed by atoms with E-state index in [4.69, 9.17) is 34.6 Å². The number of allylic oxidation sites excluding steroid dienone is 1. The van der Waals surface area contributed by atoms with Crippen molar-refractivity contribution < 1.29 is 46.7 Å². The molecule has 15 nitrogen and oxygen atoms in total. The Kier molecular flexibility index (Phi) is 14.6. The number of hydrogen-bond acceptors (Lipinski definition) is 12. The fourth-order valence-electron chi connectivity index (χ4n) is 8.65. The predicted molar refractivity (Wildman–Crippen MR) is 249 cm³/mol. The average Bonchev–Trinajstić information content (AvgIpc) is 4.09. The molecular weight excluding hydrogens is 887 g/mol. The first-order chi connectivity index (χ1) is 32.9. The van der Waals surface area contributed by atoms with Crippen LogP contribution in [-0.2, 0) is 12.8 Å². The van der Waals surface area contributed by atoms with Crippen LogP contribution in [0.2, 0.25) is 0 Å². The highest BCUT2D eigenvalue weighted by molar-refractivity contribution is 6.09. The largest absolute Gasteiger partial charge is 0.494 e. The predicted octanol–water partition coefficient (Wildman–Crippen LogP) is 7.41. The Balaban J connectivity index is 0.874. The molecule has 19 heteroatoms. The number of nitrogens with one attached hydrogen (secondary N) is 4. The molecule has 358 valence electrons. The first kappa shape index (κ1) is 47.5. The van der Waals surface area contributed by atoms with Crippen LogP contribution in [-0.4, -0.2) is 118 Å². The number of hydrogen-bond donors (Lipinski definition) is 6. The number of aliphatic hydroxyl groups is 2. The lowest BCUT2D eigenvalue weighted by Gasteiger charge is -2.32. The van der Waals surface area contributed by atoms with Crippen molar-refractivity contribution in [2.75, 3.05) is 60.7 Å². The Bertz CT molecular complexity index is 2930. The summed E-state index contributed by atoms with van der Waals surface area (Å²) in [6.45, 7) is 4.02. The van der Waals surface area contributed by atoms with Crippen LogP contribution in [0.4, 0.5) is 17.6 Å². The van der Waals surface area contributed by atoms with Gasteiger partial charge in [-0.2, -0.15) is 5.10 Å². The van der Waals surface area contributed by atoms with E-state index in [9.17, 15) is 5.11 Å². The zero-order chi connectivity index (χ0) is 48.1. The van der Waals surface area contributed by atoms with Gasteiger partial charge in [0.05, 0.1) is 52.9 Å². The maximum Gasteiger partial charge on any atom is 0.171 e. The molecule has 0 spiro atoms. The van der Waals surface area contributed by atoms with Crippen molar-refractivity contribution in [1.29, 1.82) is 5.41 Å². The summed E-state index contributed by atoms with van der Waals surface area (Å²) in [4.78, 5) is 17.7. The molecule has 6 N–H and O–H groups in total. The Morgan fingerprint density at radius 1 is 0.853 bits per heavy atom. The van der Waals surface area contributed by atoms with Gasteiger partial charge in [0.15, 0.2) is 46.3 Å². The van der Waals surface area contributed by atoms with E-state index in [0.717, 1.165) is 54.4 Å². The number of aromatic nitrogens is 6. The van der Waals surface area contributed by atoms with Gasteiger partial charge in [-0.1, -0.05) is 0 Å². The average molecular weight is 940 g/mol. The molecule has 1 atom stereocenters. The fourth-order valence-corrected chi connectivity index (χ4v) is 8.65. The summed E-state index contributed by atoms with van der Waals surface area (Å²) in [6, 6.07) is 6.30. The van der Waals surface area contributed by atoms with Gasteiger partial charge >= 0.3 is 0 Å². The second-order valence-corrected chi connectivity index (χ2v) is 16.7. The van der Waals surface area contributed by atoms with Crippen molar-refractivity contribution in [3.63, 3.8) is 0 Å². The summed E-state index contributed by atoms with van der Waals surface area (Å²) in [5, 5.41) is 35.5. The number of methoxy groups -OCH3 is 3. The Morgan fingerprint density at radius 2 is 1.51 bits per heavy atom. The first-order valence-corrected chi connectivity index (χ1v) is 22.1. The normalized spacial score (nSPS) is 14.2. The Labute approximate surface area is 389 Å². The van der Waals surface area contributed by atoms with Gasteiger partial charge in [0.1, 0.15) is 11.3 Å².